The molecule has 0 atom stereocenters. The maximum Gasteiger partial charge on any atom is 0.255 e. The van der Waals surface area contributed by atoms with E-state index in [1.54, 1.807) is 42.5 Å². The zero-order chi connectivity index (χ0) is 20.1. The van der Waals surface area contributed by atoms with Gasteiger partial charge in [-0.05, 0) is 54.6 Å². The highest BCUT2D eigenvalue weighted by Gasteiger charge is 2.11. The molecule has 0 aromatic heterocycles. The first-order chi connectivity index (χ1) is 13.5. The molecule has 3 rings (SSSR count). The Morgan fingerprint density at radius 1 is 0.857 bits per heavy atom. The minimum Gasteiger partial charge on any atom is -0.322 e. The molecule has 0 aliphatic carbocycles. The predicted molar refractivity (Wildman–Crippen MR) is 108 cm³/mol. The summed E-state index contributed by atoms with van der Waals surface area (Å²) < 4.78 is 14.2. The molecular formula is C21H13BrFN3O2. The van der Waals surface area contributed by atoms with Crippen molar-refractivity contribution in [3.8, 4) is 6.07 Å². The third kappa shape index (κ3) is 4.61. The van der Waals surface area contributed by atoms with Crippen molar-refractivity contribution in [3.05, 3.63) is 93.7 Å². The Morgan fingerprint density at radius 3 is 2.11 bits per heavy atom. The van der Waals surface area contributed by atoms with Crippen LogP contribution in [0, 0.1) is 17.1 Å². The van der Waals surface area contributed by atoms with E-state index in [-0.39, 0.29) is 11.5 Å². The lowest BCUT2D eigenvalue weighted by Crippen LogP contribution is -2.14. The first-order valence-corrected chi connectivity index (χ1v) is 8.93. The summed E-state index contributed by atoms with van der Waals surface area (Å²) in [6.07, 6.45) is 0. The van der Waals surface area contributed by atoms with Crippen molar-refractivity contribution < 1.29 is 14.0 Å². The number of nitrogens with zero attached hydrogens (tertiary/aromatic N) is 1. The van der Waals surface area contributed by atoms with E-state index in [1.165, 1.54) is 18.2 Å². The molecule has 0 radical (unpaired) electrons. The number of rotatable bonds is 4. The highest BCUT2D eigenvalue weighted by atomic mass is 79.9. The quantitative estimate of drug-likeness (QED) is 0.604. The van der Waals surface area contributed by atoms with Crippen molar-refractivity contribution in [1.29, 1.82) is 5.26 Å². The molecule has 0 saturated carbocycles. The van der Waals surface area contributed by atoms with E-state index in [9.17, 15) is 14.0 Å². The fourth-order valence-electron chi connectivity index (χ4n) is 2.46. The SMILES string of the molecule is N#Cc1cc(NC(=O)c2cccc(NC(=O)c3cccc(Br)c3)c2)ccc1F. The van der Waals surface area contributed by atoms with E-state index in [0.717, 1.165) is 10.5 Å². The molecule has 0 heterocycles. The second-order valence-electron chi connectivity index (χ2n) is 5.81. The van der Waals surface area contributed by atoms with Gasteiger partial charge in [-0.2, -0.15) is 5.26 Å². The zero-order valence-corrected chi connectivity index (χ0v) is 16.0. The smallest absolute Gasteiger partial charge is 0.255 e. The lowest BCUT2D eigenvalue weighted by atomic mass is 10.1. The molecule has 0 spiro atoms. The number of hydrogen-bond acceptors (Lipinski definition) is 3. The van der Waals surface area contributed by atoms with Crippen LogP contribution < -0.4 is 10.6 Å². The van der Waals surface area contributed by atoms with Crippen molar-refractivity contribution in [2.75, 3.05) is 10.6 Å². The minimum absolute atomic E-state index is 0.159. The number of amides is 2. The number of nitrogens with one attached hydrogen (secondary N) is 2. The number of hydrogen-bond donors (Lipinski definition) is 2. The van der Waals surface area contributed by atoms with Crippen molar-refractivity contribution in [1.82, 2.24) is 0 Å². The average molecular weight is 438 g/mol. The highest BCUT2D eigenvalue weighted by molar-refractivity contribution is 9.10. The number of carbonyl (C=O) groups is 2. The Balaban J connectivity index is 1.74. The molecule has 0 bridgehead atoms. The highest BCUT2D eigenvalue weighted by Crippen LogP contribution is 2.18. The van der Waals surface area contributed by atoms with Gasteiger partial charge in [0.05, 0.1) is 5.56 Å². The summed E-state index contributed by atoms with van der Waals surface area (Å²) in [4.78, 5) is 24.8. The Hall–Kier alpha value is -3.50. The normalized spacial score (nSPS) is 10.0. The van der Waals surface area contributed by atoms with Gasteiger partial charge in [-0.1, -0.05) is 28.1 Å². The van der Waals surface area contributed by atoms with E-state index >= 15 is 0 Å². The Kier molecular flexibility index (Phi) is 5.82. The van der Waals surface area contributed by atoms with Crippen LogP contribution in [0.1, 0.15) is 26.3 Å². The molecule has 7 heteroatoms. The van der Waals surface area contributed by atoms with Crippen LogP contribution in [-0.2, 0) is 0 Å². The summed E-state index contributed by atoms with van der Waals surface area (Å²) >= 11 is 3.32. The van der Waals surface area contributed by atoms with Gasteiger partial charge in [0.2, 0.25) is 0 Å². The molecule has 2 amide bonds. The molecule has 0 aliphatic heterocycles. The first kappa shape index (κ1) is 19.3. The van der Waals surface area contributed by atoms with Gasteiger partial charge in [-0.15, -0.1) is 0 Å². The largest absolute Gasteiger partial charge is 0.322 e. The van der Waals surface area contributed by atoms with E-state index in [1.807, 2.05) is 6.07 Å². The Bertz CT molecular complexity index is 1110. The fraction of sp³-hybridized carbons (Fsp3) is 0. The lowest BCUT2D eigenvalue weighted by molar-refractivity contribution is 0.101. The maximum atomic E-state index is 13.4. The molecular weight excluding hydrogens is 425 g/mol. The minimum atomic E-state index is -0.655. The summed E-state index contributed by atoms with van der Waals surface area (Å²) in [5.74, 6) is -1.41. The van der Waals surface area contributed by atoms with Gasteiger partial charge < -0.3 is 10.6 Å². The third-order valence-corrected chi connectivity index (χ3v) is 4.31. The second-order valence-corrected chi connectivity index (χ2v) is 6.72. The molecule has 0 fully saturated rings. The predicted octanol–water partition coefficient (Wildman–Crippen LogP) is 4.96. The van der Waals surface area contributed by atoms with Crippen LogP contribution in [0.4, 0.5) is 15.8 Å². The van der Waals surface area contributed by atoms with Gasteiger partial charge >= 0.3 is 0 Å². The summed E-state index contributed by atoms with van der Waals surface area (Å²) in [5, 5.41) is 14.2. The Morgan fingerprint density at radius 2 is 1.46 bits per heavy atom. The lowest BCUT2D eigenvalue weighted by Gasteiger charge is -2.09. The number of carbonyl (C=O) groups excluding carboxylic acids is 2. The summed E-state index contributed by atoms with van der Waals surface area (Å²) in [5.41, 5.74) is 1.36. The standard InChI is InChI=1S/C21H13BrFN3O2/c22-16-5-1-3-13(9-16)20(27)25-17-6-2-4-14(10-17)21(28)26-18-7-8-19(23)15(11-18)12-24/h1-11H,(H,25,27)(H,26,28). The van der Waals surface area contributed by atoms with Crippen molar-refractivity contribution >= 4 is 39.1 Å². The molecule has 0 saturated heterocycles. The molecule has 28 heavy (non-hydrogen) atoms. The Labute approximate surface area is 168 Å². The van der Waals surface area contributed by atoms with Gasteiger partial charge in [0.25, 0.3) is 11.8 Å². The molecule has 0 unspecified atom stereocenters. The topological polar surface area (TPSA) is 82.0 Å². The van der Waals surface area contributed by atoms with E-state index in [4.69, 9.17) is 5.26 Å². The van der Waals surface area contributed by atoms with Crippen LogP contribution in [0.2, 0.25) is 0 Å². The average Bonchev–Trinajstić information content (AvgIpc) is 2.69. The van der Waals surface area contributed by atoms with Crippen LogP contribution in [-0.4, -0.2) is 11.8 Å². The molecule has 0 aliphatic rings. The monoisotopic (exact) mass is 437 g/mol. The van der Waals surface area contributed by atoms with Gasteiger partial charge in [0.15, 0.2) is 0 Å². The summed E-state index contributed by atoms with van der Waals surface area (Å²) in [6.45, 7) is 0. The van der Waals surface area contributed by atoms with Gasteiger partial charge in [0.1, 0.15) is 11.9 Å². The third-order valence-electron chi connectivity index (χ3n) is 3.81. The van der Waals surface area contributed by atoms with Crippen molar-refractivity contribution in [3.63, 3.8) is 0 Å². The van der Waals surface area contributed by atoms with E-state index in [2.05, 4.69) is 26.6 Å². The maximum absolute atomic E-state index is 13.4. The van der Waals surface area contributed by atoms with Crippen LogP contribution >= 0.6 is 15.9 Å². The number of nitriles is 1. The van der Waals surface area contributed by atoms with Crippen molar-refractivity contribution in [2.45, 2.75) is 0 Å². The second kappa shape index (κ2) is 8.46. The van der Waals surface area contributed by atoms with Crippen LogP contribution in [0.3, 0.4) is 0 Å². The summed E-state index contributed by atoms with van der Waals surface area (Å²) in [7, 11) is 0. The molecule has 5 nitrogen and oxygen atoms in total. The molecule has 3 aromatic carbocycles. The zero-order valence-electron chi connectivity index (χ0n) is 14.4. The first-order valence-electron chi connectivity index (χ1n) is 8.14. The summed E-state index contributed by atoms with van der Waals surface area (Å²) in [6, 6.07) is 18.8. The molecule has 3 aromatic rings. The number of anilines is 2. The number of benzene rings is 3. The fourth-order valence-corrected chi connectivity index (χ4v) is 2.86. The van der Waals surface area contributed by atoms with Crippen LogP contribution in [0.25, 0.3) is 0 Å². The van der Waals surface area contributed by atoms with Crippen LogP contribution in [0.15, 0.2) is 71.2 Å². The van der Waals surface area contributed by atoms with Gasteiger partial charge in [-0.25, -0.2) is 4.39 Å². The van der Waals surface area contributed by atoms with Crippen LogP contribution in [0.5, 0.6) is 0 Å². The molecule has 2 N–H and O–H groups in total. The number of halogens is 2. The van der Waals surface area contributed by atoms with E-state index < -0.39 is 11.7 Å². The molecule has 138 valence electrons. The van der Waals surface area contributed by atoms with E-state index in [0.29, 0.717) is 22.5 Å². The van der Waals surface area contributed by atoms with Gasteiger partial charge in [-0.3, -0.25) is 9.59 Å². The van der Waals surface area contributed by atoms with Crippen molar-refractivity contribution in [2.24, 2.45) is 0 Å². The van der Waals surface area contributed by atoms with Gasteiger partial charge in [0, 0.05) is 27.0 Å².